The van der Waals surface area contributed by atoms with Crippen LogP contribution in [0.5, 0.6) is 0 Å². The van der Waals surface area contributed by atoms with Crippen molar-refractivity contribution in [3.8, 4) is 0 Å². The van der Waals surface area contributed by atoms with Gasteiger partial charge >= 0.3 is 0 Å². The van der Waals surface area contributed by atoms with Crippen LogP contribution in [0.4, 0.5) is 0 Å². The molecule has 3 heteroatoms. The molecule has 0 aromatic heterocycles. The Hall–Kier alpha value is -1.68. The van der Waals surface area contributed by atoms with Crippen molar-refractivity contribution in [3.63, 3.8) is 0 Å². The van der Waals surface area contributed by atoms with Crippen molar-refractivity contribution in [1.82, 2.24) is 4.90 Å². The second kappa shape index (κ2) is 9.14. The zero-order valence-corrected chi connectivity index (χ0v) is 15.1. The van der Waals surface area contributed by atoms with Gasteiger partial charge in [-0.15, -0.1) is 0 Å². The lowest BCUT2D eigenvalue weighted by Crippen LogP contribution is -2.38. The molecule has 1 N–H and O–H groups in total. The number of ether oxygens (including phenoxy) is 1. The van der Waals surface area contributed by atoms with E-state index in [1.165, 1.54) is 16.7 Å². The summed E-state index contributed by atoms with van der Waals surface area (Å²) in [6, 6.07) is 18.9. The topological polar surface area (TPSA) is 32.7 Å². The first kappa shape index (κ1) is 18.1. The lowest BCUT2D eigenvalue weighted by Gasteiger charge is -2.27. The van der Waals surface area contributed by atoms with Crippen molar-refractivity contribution >= 4 is 0 Å². The molecule has 0 unspecified atom stereocenters. The van der Waals surface area contributed by atoms with E-state index >= 15 is 0 Å². The molecular weight excluding hydrogens is 310 g/mol. The molecule has 2 aromatic carbocycles. The van der Waals surface area contributed by atoms with E-state index in [0.717, 1.165) is 32.5 Å². The first-order valence-electron chi connectivity index (χ1n) is 9.30. The third kappa shape index (κ3) is 5.96. The molecule has 3 rings (SSSR count). The monoisotopic (exact) mass is 339 g/mol. The maximum absolute atomic E-state index is 10.6. The number of hydrogen-bond acceptors (Lipinski definition) is 3. The van der Waals surface area contributed by atoms with Crippen molar-refractivity contribution in [2.45, 2.75) is 44.9 Å². The van der Waals surface area contributed by atoms with Gasteiger partial charge < -0.3 is 9.84 Å². The molecular formula is C22H29NO2. The van der Waals surface area contributed by atoms with Crippen molar-refractivity contribution in [2.24, 2.45) is 0 Å². The highest BCUT2D eigenvalue weighted by molar-refractivity contribution is 5.21. The molecule has 0 spiro atoms. The Bertz CT molecular complexity index is 620. The Kier molecular flexibility index (Phi) is 6.62. The number of benzene rings is 2. The molecule has 1 aliphatic rings. The molecule has 1 saturated heterocycles. The Morgan fingerprint density at radius 3 is 2.52 bits per heavy atom. The average Bonchev–Trinajstić information content (AvgIpc) is 3.10. The first-order valence-corrected chi connectivity index (χ1v) is 9.30. The third-order valence-electron chi connectivity index (χ3n) is 4.80. The van der Waals surface area contributed by atoms with Crippen LogP contribution in [0, 0.1) is 6.92 Å². The summed E-state index contributed by atoms with van der Waals surface area (Å²) in [6.45, 7) is 5.39. The van der Waals surface area contributed by atoms with E-state index in [-0.39, 0.29) is 6.10 Å². The number of aryl methyl sites for hydroxylation is 1. The normalized spacial score (nSPS) is 18.6. The molecule has 0 saturated carbocycles. The predicted octanol–water partition coefficient (Wildman–Crippen LogP) is 3.58. The highest BCUT2D eigenvalue weighted by atomic mass is 16.5. The van der Waals surface area contributed by atoms with E-state index in [4.69, 9.17) is 4.74 Å². The van der Waals surface area contributed by atoms with Gasteiger partial charge in [0, 0.05) is 26.2 Å². The first-order chi connectivity index (χ1) is 12.2. The number of hydrogen-bond donors (Lipinski definition) is 1. The van der Waals surface area contributed by atoms with Crippen LogP contribution in [0.25, 0.3) is 0 Å². The summed E-state index contributed by atoms with van der Waals surface area (Å²) >= 11 is 0. The summed E-state index contributed by atoms with van der Waals surface area (Å²) in [5, 5.41) is 10.6. The van der Waals surface area contributed by atoms with E-state index < -0.39 is 0 Å². The lowest BCUT2D eigenvalue weighted by atomic mass is 10.1. The quantitative estimate of drug-likeness (QED) is 0.798. The van der Waals surface area contributed by atoms with Crippen molar-refractivity contribution < 1.29 is 9.84 Å². The van der Waals surface area contributed by atoms with E-state index in [1.807, 2.05) is 18.2 Å². The maximum Gasteiger partial charge on any atom is 0.0707 e. The van der Waals surface area contributed by atoms with Crippen LogP contribution in [0.2, 0.25) is 0 Å². The Balaban J connectivity index is 1.61. The molecule has 0 radical (unpaired) electrons. The standard InChI is InChI=1S/C22H29NO2/c1-18-9-11-20(12-10-18)15-23(17-22-8-5-13-25-22)16-21(24)14-19-6-3-2-4-7-19/h2-4,6-7,9-12,21-22,24H,5,8,13-17H2,1H3/t21-,22+/m0/s1. The number of aliphatic hydroxyl groups excluding tert-OH is 1. The lowest BCUT2D eigenvalue weighted by molar-refractivity contribution is 0.0464. The fraction of sp³-hybridized carbons (Fsp3) is 0.455. The molecule has 0 aliphatic carbocycles. The van der Waals surface area contributed by atoms with Crippen molar-refractivity contribution in [3.05, 3.63) is 71.3 Å². The molecule has 0 amide bonds. The fourth-order valence-corrected chi connectivity index (χ4v) is 3.48. The van der Waals surface area contributed by atoms with Crippen LogP contribution in [0.3, 0.4) is 0 Å². The number of aliphatic hydroxyl groups is 1. The van der Waals surface area contributed by atoms with Crippen LogP contribution in [0.1, 0.15) is 29.5 Å². The Labute approximate surface area is 151 Å². The minimum Gasteiger partial charge on any atom is -0.391 e. The van der Waals surface area contributed by atoms with Crippen LogP contribution in [-0.2, 0) is 17.7 Å². The van der Waals surface area contributed by atoms with Gasteiger partial charge in [-0.25, -0.2) is 0 Å². The summed E-state index contributed by atoms with van der Waals surface area (Å²) in [5.74, 6) is 0. The second-order valence-electron chi connectivity index (χ2n) is 7.16. The van der Waals surface area contributed by atoms with E-state index in [0.29, 0.717) is 19.1 Å². The highest BCUT2D eigenvalue weighted by Gasteiger charge is 2.21. The SMILES string of the molecule is Cc1ccc(CN(C[C@@H](O)Cc2ccccc2)C[C@H]2CCCO2)cc1. The number of rotatable bonds is 8. The largest absolute Gasteiger partial charge is 0.391 e. The molecule has 3 nitrogen and oxygen atoms in total. The van der Waals surface area contributed by atoms with Crippen LogP contribution >= 0.6 is 0 Å². The van der Waals surface area contributed by atoms with E-state index in [9.17, 15) is 5.11 Å². The average molecular weight is 339 g/mol. The summed E-state index contributed by atoms with van der Waals surface area (Å²) in [6.07, 6.45) is 2.90. The van der Waals surface area contributed by atoms with Gasteiger partial charge in [0.15, 0.2) is 0 Å². The summed E-state index contributed by atoms with van der Waals surface area (Å²) in [4.78, 5) is 2.34. The van der Waals surface area contributed by atoms with Gasteiger partial charge in [0.25, 0.3) is 0 Å². The van der Waals surface area contributed by atoms with Gasteiger partial charge in [-0.05, 0) is 37.3 Å². The van der Waals surface area contributed by atoms with E-state index in [1.54, 1.807) is 0 Å². The Morgan fingerprint density at radius 2 is 1.84 bits per heavy atom. The van der Waals surface area contributed by atoms with Crippen LogP contribution in [0.15, 0.2) is 54.6 Å². The molecule has 1 fully saturated rings. The van der Waals surface area contributed by atoms with Crippen molar-refractivity contribution in [1.29, 1.82) is 0 Å². The van der Waals surface area contributed by atoms with Gasteiger partial charge in [0.2, 0.25) is 0 Å². The fourth-order valence-electron chi connectivity index (χ4n) is 3.48. The van der Waals surface area contributed by atoms with Gasteiger partial charge in [-0.2, -0.15) is 0 Å². The van der Waals surface area contributed by atoms with Gasteiger partial charge in [0.1, 0.15) is 0 Å². The zero-order chi connectivity index (χ0) is 17.5. The molecule has 25 heavy (non-hydrogen) atoms. The Morgan fingerprint density at radius 1 is 1.08 bits per heavy atom. The molecule has 1 aliphatic heterocycles. The van der Waals surface area contributed by atoms with E-state index in [2.05, 4.69) is 48.2 Å². The van der Waals surface area contributed by atoms with Gasteiger partial charge in [0.05, 0.1) is 12.2 Å². The zero-order valence-electron chi connectivity index (χ0n) is 15.1. The molecule has 2 aromatic rings. The van der Waals surface area contributed by atoms with Crippen LogP contribution in [-0.4, -0.2) is 41.9 Å². The molecule has 1 heterocycles. The summed E-state index contributed by atoms with van der Waals surface area (Å²) in [5.41, 5.74) is 3.75. The van der Waals surface area contributed by atoms with Gasteiger partial charge in [-0.1, -0.05) is 60.2 Å². The maximum atomic E-state index is 10.6. The summed E-state index contributed by atoms with van der Waals surface area (Å²) in [7, 11) is 0. The predicted molar refractivity (Wildman–Crippen MR) is 102 cm³/mol. The van der Waals surface area contributed by atoms with Crippen LogP contribution < -0.4 is 0 Å². The second-order valence-corrected chi connectivity index (χ2v) is 7.16. The minimum absolute atomic E-state index is 0.300. The minimum atomic E-state index is -0.366. The smallest absolute Gasteiger partial charge is 0.0707 e. The summed E-state index contributed by atoms with van der Waals surface area (Å²) < 4.78 is 5.82. The molecule has 2 atom stereocenters. The van der Waals surface area contributed by atoms with Gasteiger partial charge in [-0.3, -0.25) is 4.90 Å². The molecule has 134 valence electrons. The third-order valence-corrected chi connectivity index (χ3v) is 4.80. The molecule has 0 bridgehead atoms. The van der Waals surface area contributed by atoms with Crippen molar-refractivity contribution in [2.75, 3.05) is 19.7 Å². The highest BCUT2D eigenvalue weighted by Crippen LogP contribution is 2.16. The number of nitrogens with zero attached hydrogens (tertiary/aromatic N) is 1.